The zero-order valence-electron chi connectivity index (χ0n) is 28.5. The molecule has 0 saturated heterocycles. The van der Waals surface area contributed by atoms with Crippen LogP contribution in [-0.2, 0) is 14.3 Å². The maximum atomic E-state index is 13.3. The molecule has 0 fully saturated rings. The van der Waals surface area contributed by atoms with Gasteiger partial charge in [-0.2, -0.15) is 0 Å². The monoisotopic (exact) mass is 637 g/mol. The predicted molar refractivity (Wildman–Crippen MR) is 191 cm³/mol. The Kier molecular flexibility index (Phi) is 14.3. The zero-order valence-corrected chi connectivity index (χ0v) is 28.5. The molecule has 47 heavy (non-hydrogen) atoms. The standard InChI is InChI=1S/C40H51N3O4/c1-4-6-7-8-9-10-11-12-13-14-15-16-17-18-19-24-36(45)47-35(28-42-40(46)29(3)5-2)32-27-34(44)39-37-31(25-26-41-39)30-22-20-21-23-33(30)43-38(32)37/h5,12-13,20-23,25-27,35H,4,6-11,14-19,24,28H2,1-3H3,(H,42,46)/b13-12+,29-5+. The molecule has 1 aliphatic rings. The summed E-state index contributed by atoms with van der Waals surface area (Å²) in [7, 11) is 0. The van der Waals surface area contributed by atoms with E-state index in [-0.39, 0.29) is 30.6 Å². The summed E-state index contributed by atoms with van der Waals surface area (Å²) in [4.78, 5) is 48.4. The molecule has 0 radical (unpaired) electrons. The van der Waals surface area contributed by atoms with Gasteiger partial charge in [-0.25, -0.2) is 4.98 Å². The number of hydrogen-bond acceptors (Lipinski definition) is 6. The Morgan fingerprint density at radius 1 is 0.872 bits per heavy atom. The molecule has 0 bridgehead atoms. The highest BCUT2D eigenvalue weighted by Crippen LogP contribution is 2.37. The van der Waals surface area contributed by atoms with Gasteiger partial charge in [-0.1, -0.05) is 94.7 Å². The summed E-state index contributed by atoms with van der Waals surface area (Å²) in [5, 5.41) is 5.30. The molecular formula is C40H51N3O4. The molecular weight excluding hydrogens is 586 g/mol. The third-order valence-corrected chi connectivity index (χ3v) is 8.91. The summed E-state index contributed by atoms with van der Waals surface area (Å²) in [5.41, 5.74) is 2.67. The number of pyridine rings is 2. The fourth-order valence-corrected chi connectivity index (χ4v) is 6.05. The number of nitrogens with one attached hydrogen (secondary N) is 1. The number of aromatic nitrogens is 2. The number of carbonyl (C=O) groups excluding carboxylic acids is 3. The van der Waals surface area contributed by atoms with Crippen molar-refractivity contribution in [2.45, 2.75) is 117 Å². The second-order valence-electron chi connectivity index (χ2n) is 12.5. The Bertz CT molecular complexity index is 1620. The van der Waals surface area contributed by atoms with E-state index in [1.807, 2.05) is 30.3 Å². The molecule has 1 aliphatic carbocycles. The third kappa shape index (κ3) is 10.2. The largest absolute Gasteiger partial charge is 0.455 e. The predicted octanol–water partition coefficient (Wildman–Crippen LogP) is 9.39. The van der Waals surface area contributed by atoms with Gasteiger partial charge in [0.15, 0.2) is 0 Å². The lowest BCUT2D eigenvalue weighted by Gasteiger charge is -2.25. The summed E-state index contributed by atoms with van der Waals surface area (Å²) >= 11 is 0. The Morgan fingerprint density at radius 2 is 1.55 bits per heavy atom. The highest BCUT2D eigenvalue weighted by molar-refractivity contribution is 6.24. The van der Waals surface area contributed by atoms with Crippen LogP contribution in [0.4, 0.5) is 0 Å². The number of para-hydroxylation sites is 1. The lowest BCUT2D eigenvalue weighted by atomic mass is 9.90. The van der Waals surface area contributed by atoms with E-state index in [2.05, 4.69) is 29.4 Å². The normalized spacial score (nSPS) is 13.7. The van der Waals surface area contributed by atoms with Gasteiger partial charge in [0.05, 0.1) is 17.8 Å². The van der Waals surface area contributed by atoms with Crippen molar-refractivity contribution in [2.75, 3.05) is 6.54 Å². The first kappa shape index (κ1) is 35.7. The van der Waals surface area contributed by atoms with Crippen molar-refractivity contribution < 1.29 is 19.1 Å². The van der Waals surface area contributed by atoms with E-state index in [1.54, 1.807) is 26.1 Å². The van der Waals surface area contributed by atoms with Crippen LogP contribution in [0.2, 0.25) is 0 Å². The topological polar surface area (TPSA) is 98.2 Å². The van der Waals surface area contributed by atoms with Crippen molar-refractivity contribution in [1.29, 1.82) is 0 Å². The molecule has 2 heterocycles. The molecule has 1 unspecified atom stereocenters. The number of ketones is 1. The third-order valence-electron chi connectivity index (χ3n) is 8.91. The summed E-state index contributed by atoms with van der Waals surface area (Å²) in [6.07, 6.45) is 24.2. The average Bonchev–Trinajstić information content (AvgIpc) is 3.09. The maximum absolute atomic E-state index is 13.3. The maximum Gasteiger partial charge on any atom is 0.306 e. The summed E-state index contributed by atoms with van der Waals surface area (Å²) in [5.74, 6) is -0.885. The number of allylic oxidation sites excluding steroid dienone is 4. The Hall–Kier alpha value is -4.13. The van der Waals surface area contributed by atoms with Crippen LogP contribution in [0.3, 0.4) is 0 Å². The van der Waals surface area contributed by atoms with Crippen LogP contribution in [0.5, 0.6) is 0 Å². The number of hydrogen-bond donors (Lipinski definition) is 1. The van der Waals surface area contributed by atoms with Gasteiger partial charge >= 0.3 is 5.97 Å². The first-order chi connectivity index (χ1) is 22.9. The zero-order chi connectivity index (χ0) is 33.4. The molecule has 250 valence electrons. The van der Waals surface area contributed by atoms with E-state index in [9.17, 15) is 14.4 Å². The van der Waals surface area contributed by atoms with Gasteiger partial charge in [0, 0.05) is 34.5 Å². The number of amides is 1. The highest BCUT2D eigenvalue weighted by atomic mass is 16.5. The number of fused-ring (bicyclic) bond motifs is 2. The molecule has 1 aromatic carbocycles. The van der Waals surface area contributed by atoms with Crippen LogP contribution in [0.15, 0.2) is 66.4 Å². The van der Waals surface area contributed by atoms with Crippen LogP contribution in [0, 0.1) is 0 Å². The van der Waals surface area contributed by atoms with Crippen molar-refractivity contribution in [1.82, 2.24) is 15.3 Å². The SMILES string of the molecule is C/C=C(\C)C(=O)NCC(OC(=O)CCCCCCC/C=C/CCCCCCCC)C1=CC(=O)c2nccc3c2c1nc1ccccc13. The number of unbranched alkanes of at least 4 members (excludes halogenated alkanes) is 11. The van der Waals surface area contributed by atoms with Crippen LogP contribution in [0.25, 0.3) is 27.2 Å². The lowest BCUT2D eigenvalue weighted by molar-refractivity contribution is -0.146. The highest BCUT2D eigenvalue weighted by Gasteiger charge is 2.31. The number of benzene rings is 1. The number of esters is 1. The summed E-state index contributed by atoms with van der Waals surface area (Å²) < 4.78 is 6.02. The molecule has 0 saturated carbocycles. The molecule has 1 amide bonds. The van der Waals surface area contributed by atoms with Gasteiger partial charge in [-0.3, -0.25) is 19.4 Å². The molecule has 7 heteroatoms. The van der Waals surface area contributed by atoms with E-state index >= 15 is 0 Å². The number of nitrogens with zero attached hydrogens (tertiary/aromatic N) is 2. The van der Waals surface area contributed by atoms with Gasteiger partial charge < -0.3 is 10.1 Å². The minimum atomic E-state index is -0.881. The van der Waals surface area contributed by atoms with Gasteiger partial charge in [0.1, 0.15) is 11.8 Å². The molecule has 1 atom stereocenters. The number of carbonyl (C=O) groups is 3. The van der Waals surface area contributed by atoms with Gasteiger partial charge in [-0.05, 0) is 69.5 Å². The van der Waals surface area contributed by atoms with Crippen LogP contribution >= 0.6 is 0 Å². The molecule has 0 aliphatic heterocycles. The number of rotatable bonds is 20. The van der Waals surface area contributed by atoms with Crippen molar-refractivity contribution in [3.63, 3.8) is 0 Å². The first-order valence-corrected chi connectivity index (χ1v) is 17.6. The first-order valence-electron chi connectivity index (χ1n) is 17.6. The van der Waals surface area contributed by atoms with Crippen molar-refractivity contribution in [2.24, 2.45) is 0 Å². The van der Waals surface area contributed by atoms with Crippen LogP contribution in [0.1, 0.15) is 127 Å². The van der Waals surface area contributed by atoms with Crippen LogP contribution < -0.4 is 5.32 Å². The van der Waals surface area contributed by atoms with Crippen LogP contribution in [-0.4, -0.2) is 40.3 Å². The Labute approximate surface area is 280 Å². The van der Waals surface area contributed by atoms with Crippen molar-refractivity contribution in [3.05, 3.63) is 77.8 Å². The second kappa shape index (κ2) is 18.9. The van der Waals surface area contributed by atoms with E-state index in [0.717, 1.165) is 54.8 Å². The minimum absolute atomic E-state index is 0.0207. The quantitative estimate of drug-likeness (QED) is 0.0436. The van der Waals surface area contributed by atoms with Gasteiger partial charge in [-0.15, -0.1) is 0 Å². The van der Waals surface area contributed by atoms with E-state index in [4.69, 9.17) is 9.72 Å². The fraction of sp³-hybridized carbons (Fsp3) is 0.475. The smallest absolute Gasteiger partial charge is 0.306 e. The van der Waals surface area contributed by atoms with Gasteiger partial charge in [0.25, 0.3) is 0 Å². The van der Waals surface area contributed by atoms with Gasteiger partial charge in [0.2, 0.25) is 11.7 Å². The van der Waals surface area contributed by atoms with E-state index in [0.29, 0.717) is 27.9 Å². The molecule has 1 N–H and O–H groups in total. The fourth-order valence-electron chi connectivity index (χ4n) is 6.05. The Balaban J connectivity index is 1.33. The molecule has 4 rings (SSSR count). The molecule has 3 aromatic rings. The molecule has 7 nitrogen and oxygen atoms in total. The lowest BCUT2D eigenvalue weighted by Crippen LogP contribution is -2.37. The van der Waals surface area contributed by atoms with Crippen molar-refractivity contribution in [3.8, 4) is 0 Å². The molecule has 0 spiro atoms. The van der Waals surface area contributed by atoms with Crippen molar-refractivity contribution >= 4 is 44.9 Å². The van der Waals surface area contributed by atoms with E-state index in [1.165, 1.54) is 51.0 Å². The van der Waals surface area contributed by atoms with E-state index < -0.39 is 6.10 Å². The molecule has 2 aromatic heterocycles. The number of ether oxygens (including phenoxy) is 1. The minimum Gasteiger partial charge on any atom is -0.455 e. The Morgan fingerprint density at radius 3 is 2.28 bits per heavy atom. The average molecular weight is 638 g/mol. The summed E-state index contributed by atoms with van der Waals surface area (Å²) in [6.45, 7) is 5.79. The second-order valence-corrected chi connectivity index (χ2v) is 12.5. The summed E-state index contributed by atoms with van der Waals surface area (Å²) in [6, 6.07) is 9.63.